The van der Waals surface area contributed by atoms with Gasteiger partial charge in [-0.3, -0.25) is 0 Å². The van der Waals surface area contributed by atoms with E-state index in [2.05, 4.69) is 150 Å². The van der Waals surface area contributed by atoms with Gasteiger partial charge in [-0.1, -0.05) is 97.9 Å². The first-order valence-electron chi connectivity index (χ1n) is 19.0. The van der Waals surface area contributed by atoms with Crippen LogP contribution in [0.3, 0.4) is 0 Å². The van der Waals surface area contributed by atoms with Gasteiger partial charge in [-0.05, 0) is 151 Å². The maximum absolute atomic E-state index is 2.76. The van der Waals surface area contributed by atoms with E-state index in [0.29, 0.717) is 5.41 Å². The second-order valence-electron chi connectivity index (χ2n) is 19.3. The molecule has 0 N–H and O–H groups in total. The quantitative estimate of drug-likeness (QED) is 0.167. The maximum Gasteiger partial charge on any atom is 0.259 e. The lowest BCUT2D eigenvalue weighted by Crippen LogP contribution is -2.63. The molecule has 4 bridgehead atoms. The first-order chi connectivity index (χ1) is 23.2. The Hall–Kier alpha value is -3.30. The smallest absolute Gasteiger partial charge is 0.259 e. The van der Waals surface area contributed by atoms with Gasteiger partial charge in [0.1, 0.15) is 0 Å². The van der Waals surface area contributed by atoms with Crippen molar-refractivity contribution in [2.24, 2.45) is 17.8 Å². The molecule has 3 heterocycles. The molecule has 0 radical (unpaired) electrons. The Balaban J connectivity index is 1.27. The minimum atomic E-state index is -0.110. The van der Waals surface area contributed by atoms with Crippen LogP contribution in [0.5, 0.6) is 0 Å². The molecule has 0 spiro atoms. The van der Waals surface area contributed by atoms with E-state index in [1.807, 2.05) is 0 Å². The van der Waals surface area contributed by atoms with Crippen LogP contribution in [0.25, 0.3) is 10.1 Å². The Morgan fingerprint density at radius 3 is 2.08 bits per heavy atom. The van der Waals surface area contributed by atoms with Crippen LogP contribution in [-0.2, 0) is 21.7 Å². The highest BCUT2D eigenvalue weighted by atomic mass is 32.1. The second kappa shape index (κ2) is 9.73. The van der Waals surface area contributed by atoms with E-state index in [1.165, 1.54) is 75.8 Å². The summed E-state index contributed by atoms with van der Waals surface area (Å²) in [6, 6.07) is 31.7. The predicted molar refractivity (Wildman–Crippen MR) is 212 cm³/mol. The first kappa shape index (κ1) is 30.5. The number of para-hydroxylation sites is 1. The summed E-state index contributed by atoms with van der Waals surface area (Å²) < 4.78 is 2.99. The highest BCUT2D eigenvalue weighted by Gasteiger charge is 2.57. The van der Waals surface area contributed by atoms with Crippen molar-refractivity contribution in [3.05, 3.63) is 107 Å². The van der Waals surface area contributed by atoms with E-state index < -0.39 is 0 Å². The summed E-state index contributed by atoms with van der Waals surface area (Å²) in [7, 11) is 0. The molecule has 5 aromatic rings. The molecule has 1 nitrogen and oxygen atoms in total. The summed E-state index contributed by atoms with van der Waals surface area (Å²) in [6.45, 7) is 19.4. The summed E-state index contributed by atoms with van der Waals surface area (Å²) in [6.07, 6.45) is 7.15. The molecular weight excluding hydrogens is 609 g/mol. The number of nitrogens with zero attached hydrogens (tertiary/aromatic N) is 1. The molecule has 2 unspecified atom stereocenters. The fraction of sp³-hybridized carbons (Fsp3) is 0.435. The van der Waals surface area contributed by atoms with E-state index >= 15 is 0 Å². The van der Waals surface area contributed by atoms with Gasteiger partial charge in [0.25, 0.3) is 6.71 Å². The number of hydrogen-bond acceptors (Lipinski definition) is 2. The van der Waals surface area contributed by atoms with Gasteiger partial charge in [0.2, 0.25) is 0 Å². The molecule has 49 heavy (non-hydrogen) atoms. The number of hydrogen-bond donors (Lipinski definition) is 0. The van der Waals surface area contributed by atoms with Crippen LogP contribution >= 0.6 is 11.3 Å². The largest absolute Gasteiger partial charge is 0.312 e. The van der Waals surface area contributed by atoms with Crippen LogP contribution in [0.2, 0.25) is 0 Å². The highest BCUT2D eigenvalue weighted by molar-refractivity contribution is 7.32. The molecule has 4 fully saturated rings. The summed E-state index contributed by atoms with van der Waals surface area (Å²) in [5.74, 6) is 2.81. The van der Waals surface area contributed by atoms with Gasteiger partial charge >= 0.3 is 0 Å². The third-order valence-electron chi connectivity index (χ3n) is 13.8. The Bertz CT molecular complexity index is 2170. The predicted octanol–water partition coefficient (Wildman–Crippen LogP) is 10.5. The van der Waals surface area contributed by atoms with Crippen LogP contribution in [-0.4, -0.2) is 6.71 Å². The molecule has 2 atom stereocenters. The third kappa shape index (κ3) is 4.18. The number of thiophene rings is 1. The van der Waals surface area contributed by atoms with Crippen molar-refractivity contribution >= 4 is 60.9 Å². The fourth-order valence-electron chi connectivity index (χ4n) is 11.6. The van der Waals surface area contributed by atoms with E-state index in [0.717, 1.165) is 17.8 Å². The van der Waals surface area contributed by atoms with E-state index in [4.69, 9.17) is 0 Å². The molecule has 4 aliphatic carbocycles. The van der Waals surface area contributed by atoms with Crippen molar-refractivity contribution < 1.29 is 0 Å². The zero-order chi connectivity index (χ0) is 33.8. The van der Waals surface area contributed by atoms with Crippen LogP contribution in [0.4, 0.5) is 17.1 Å². The SMILES string of the molecule is CC(C)(C)c1ccc(N2c3ccccc3B3c4sc5ccc(C(C)(C)C)cc5c4C(C)(C)c4cc(C56CC7CC(C5)C(C7)C6)cc2c43)cc1. The molecule has 2 aliphatic heterocycles. The summed E-state index contributed by atoms with van der Waals surface area (Å²) >= 11 is 2.06. The van der Waals surface area contributed by atoms with Gasteiger partial charge in [-0.25, -0.2) is 0 Å². The molecule has 4 saturated carbocycles. The van der Waals surface area contributed by atoms with Crippen LogP contribution in [0, 0.1) is 17.8 Å². The molecule has 0 amide bonds. The van der Waals surface area contributed by atoms with Crippen molar-refractivity contribution in [3.63, 3.8) is 0 Å². The van der Waals surface area contributed by atoms with Gasteiger partial charge in [0.15, 0.2) is 0 Å². The Labute approximate surface area is 298 Å². The van der Waals surface area contributed by atoms with Gasteiger partial charge in [-0.2, -0.15) is 0 Å². The van der Waals surface area contributed by atoms with E-state index in [-0.39, 0.29) is 23.0 Å². The van der Waals surface area contributed by atoms with Gasteiger partial charge in [0.05, 0.1) is 0 Å². The first-order valence-corrected chi connectivity index (χ1v) is 19.8. The monoisotopic (exact) mass is 659 g/mol. The lowest BCUT2D eigenvalue weighted by Gasteiger charge is -2.47. The van der Waals surface area contributed by atoms with Gasteiger partial charge < -0.3 is 4.90 Å². The molecule has 248 valence electrons. The standard InChI is InChI=1S/C46H50BNS/c1-43(2,3)30-13-16-33(17-14-30)48-37-12-10-9-11-36(37)47-41-35(22-32(23-38(41)48)46-24-27-19-28(25-46)29(20-27)26-46)45(7,8)40-34-21-31(44(4,5)6)15-18-39(34)49-42(40)47/h9-18,21-23,27-29H,19-20,24-26H2,1-8H3. The molecular formula is C46H50BNS. The van der Waals surface area contributed by atoms with Crippen molar-refractivity contribution in [3.8, 4) is 0 Å². The fourth-order valence-corrected chi connectivity index (χ4v) is 13.0. The lowest BCUT2D eigenvalue weighted by atomic mass is 9.32. The average Bonchev–Trinajstić information content (AvgIpc) is 3.66. The second-order valence-corrected chi connectivity index (χ2v) is 20.3. The third-order valence-corrected chi connectivity index (χ3v) is 15.1. The number of anilines is 3. The zero-order valence-electron chi connectivity index (χ0n) is 30.7. The molecule has 11 rings (SSSR count). The Morgan fingerprint density at radius 2 is 1.41 bits per heavy atom. The Morgan fingerprint density at radius 1 is 0.735 bits per heavy atom. The molecule has 1 aromatic heterocycles. The van der Waals surface area contributed by atoms with Crippen molar-refractivity contribution in [1.82, 2.24) is 0 Å². The van der Waals surface area contributed by atoms with Crippen molar-refractivity contribution in [1.29, 1.82) is 0 Å². The number of fused-ring (bicyclic) bond motifs is 6. The van der Waals surface area contributed by atoms with Crippen molar-refractivity contribution in [2.75, 3.05) is 4.90 Å². The van der Waals surface area contributed by atoms with Gasteiger partial charge in [-0.15, -0.1) is 11.3 Å². The average molecular weight is 660 g/mol. The Kier molecular flexibility index (Phi) is 6.06. The minimum absolute atomic E-state index is 0.110. The van der Waals surface area contributed by atoms with Gasteiger partial charge in [0, 0.05) is 27.2 Å². The summed E-state index contributed by atoms with van der Waals surface area (Å²) in [4.78, 5) is 2.65. The van der Waals surface area contributed by atoms with E-state index in [9.17, 15) is 0 Å². The van der Waals surface area contributed by atoms with Crippen LogP contribution in [0.15, 0.2) is 78.9 Å². The number of rotatable bonds is 2. The topological polar surface area (TPSA) is 3.24 Å². The van der Waals surface area contributed by atoms with E-state index in [1.54, 1.807) is 26.9 Å². The highest BCUT2D eigenvalue weighted by Crippen LogP contribution is 2.65. The lowest BCUT2D eigenvalue weighted by molar-refractivity contribution is 0.229. The summed E-state index contributed by atoms with van der Waals surface area (Å²) in [5, 5.41) is 1.48. The maximum atomic E-state index is 2.76. The molecule has 3 heteroatoms. The van der Waals surface area contributed by atoms with Crippen LogP contribution < -0.4 is 20.6 Å². The molecule has 6 aliphatic rings. The molecule has 0 saturated heterocycles. The minimum Gasteiger partial charge on any atom is -0.312 e. The van der Waals surface area contributed by atoms with Crippen molar-refractivity contribution in [2.45, 2.75) is 109 Å². The number of benzene rings is 4. The van der Waals surface area contributed by atoms with Crippen LogP contribution in [0.1, 0.15) is 115 Å². The zero-order valence-corrected chi connectivity index (χ0v) is 31.5. The summed E-state index contributed by atoms with van der Waals surface area (Å²) in [5.41, 5.74) is 15.1. The molecule has 4 aromatic carbocycles. The normalized spacial score (nSPS) is 25.9.